The number of anilines is 1. The number of para-hydroxylation sites is 1. The van der Waals surface area contributed by atoms with E-state index in [0.717, 1.165) is 11.3 Å². The minimum absolute atomic E-state index is 0.449. The van der Waals surface area contributed by atoms with Crippen LogP contribution in [-0.2, 0) is 4.74 Å². The lowest BCUT2D eigenvalue weighted by Gasteiger charge is -2.20. The summed E-state index contributed by atoms with van der Waals surface area (Å²) < 4.78 is 5.45. The highest BCUT2D eigenvalue weighted by molar-refractivity contribution is 9.12. The smallest absolute Gasteiger partial charge is 0.419 e. The molecule has 0 N–H and O–H groups in total. The van der Waals surface area contributed by atoms with Crippen LogP contribution in [0.15, 0.2) is 65.3 Å². The highest BCUT2D eigenvalue weighted by atomic mass is 79.9. The van der Waals surface area contributed by atoms with Crippen LogP contribution in [0.3, 0.4) is 0 Å². The van der Waals surface area contributed by atoms with Gasteiger partial charge in [0.1, 0.15) is 0 Å². The molecular weight excluding hydrogens is 318 g/mol. The van der Waals surface area contributed by atoms with E-state index in [1.807, 2.05) is 66.7 Å². The van der Waals surface area contributed by atoms with E-state index >= 15 is 0 Å². The first-order valence-corrected chi connectivity index (χ1v) is 6.87. The average molecular weight is 332 g/mol. The van der Waals surface area contributed by atoms with Crippen LogP contribution >= 0.6 is 15.9 Å². The average Bonchev–Trinajstić information content (AvgIpc) is 2.49. The van der Waals surface area contributed by atoms with Crippen molar-refractivity contribution in [1.29, 1.82) is 0 Å². The van der Waals surface area contributed by atoms with Crippen molar-refractivity contribution in [2.24, 2.45) is 0 Å². The van der Waals surface area contributed by atoms with Crippen LogP contribution in [0.1, 0.15) is 5.56 Å². The monoisotopic (exact) mass is 331 g/mol. The molecule has 0 aliphatic carbocycles. The molecule has 102 valence electrons. The number of rotatable bonds is 3. The minimum Gasteiger partial charge on any atom is -0.452 e. The quantitative estimate of drug-likeness (QED) is 0.766. The first-order valence-electron chi connectivity index (χ1n) is 6.08. The summed E-state index contributed by atoms with van der Waals surface area (Å²) in [6.07, 6.45) is 1.42. The number of hydrogen-bond donors (Lipinski definition) is 0. The van der Waals surface area contributed by atoms with E-state index < -0.39 is 6.09 Å². The van der Waals surface area contributed by atoms with Crippen molar-refractivity contribution < 1.29 is 9.53 Å². The number of hydrogen-bond acceptors (Lipinski definition) is 2. The molecule has 0 spiro atoms. The van der Waals surface area contributed by atoms with E-state index in [1.165, 1.54) is 12.0 Å². The Morgan fingerprint density at radius 2 is 1.60 bits per heavy atom. The Bertz CT molecular complexity index is 596. The van der Waals surface area contributed by atoms with E-state index in [9.17, 15) is 4.79 Å². The molecule has 2 aromatic carbocycles. The van der Waals surface area contributed by atoms with Crippen LogP contribution in [-0.4, -0.2) is 13.2 Å². The van der Waals surface area contributed by atoms with E-state index in [4.69, 9.17) is 4.74 Å². The van der Waals surface area contributed by atoms with E-state index in [-0.39, 0.29) is 0 Å². The summed E-state index contributed by atoms with van der Waals surface area (Å²) >= 11 is 3.45. The molecule has 20 heavy (non-hydrogen) atoms. The lowest BCUT2D eigenvalue weighted by atomic mass is 10.2. The van der Waals surface area contributed by atoms with Crippen LogP contribution in [0.4, 0.5) is 10.5 Å². The van der Waals surface area contributed by atoms with Crippen molar-refractivity contribution in [3.63, 3.8) is 0 Å². The third-order valence-electron chi connectivity index (χ3n) is 2.67. The van der Waals surface area contributed by atoms with Crippen molar-refractivity contribution >= 4 is 33.8 Å². The van der Waals surface area contributed by atoms with Crippen molar-refractivity contribution in [2.75, 3.05) is 12.0 Å². The Hall–Kier alpha value is -2.07. The SMILES string of the molecule is COC(=O)N(/C(Br)=C\c1ccccc1)c1ccccc1. The molecule has 0 atom stereocenters. The number of benzene rings is 2. The molecule has 1 amide bonds. The summed E-state index contributed by atoms with van der Waals surface area (Å²) in [6, 6.07) is 19.1. The molecule has 4 heteroatoms. The number of amides is 1. The summed E-state index contributed by atoms with van der Waals surface area (Å²) in [5.41, 5.74) is 1.72. The molecule has 0 bridgehead atoms. The van der Waals surface area contributed by atoms with Crippen LogP contribution in [0.5, 0.6) is 0 Å². The Labute approximate surface area is 126 Å². The molecule has 3 nitrogen and oxygen atoms in total. The van der Waals surface area contributed by atoms with Crippen LogP contribution < -0.4 is 4.90 Å². The third-order valence-corrected chi connectivity index (χ3v) is 3.25. The molecule has 0 aromatic heterocycles. The largest absolute Gasteiger partial charge is 0.452 e. The zero-order chi connectivity index (χ0) is 14.4. The van der Waals surface area contributed by atoms with Crippen LogP contribution in [0.2, 0.25) is 0 Å². The van der Waals surface area contributed by atoms with Crippen LogP contribution in [0, 0.1) is 0 Å². The predicted molar refractivity (Wildman–Crippen MR) is 84.7 cm³/mol. The maximum atomic E-state index is 12.0. The molecule has 0 saturated heterocycles. The Morgan fingerprint density at radius 3 is 2.15 bits per heavy atom. The van der Waals surface area contributed by atoms with E-state index in [1.54, 1.807) is 0 Å². The Kier molecular flexibility index (Phi) is 4.96. The van der Waals surface area contributed by atoms with Crippen molar-refractivity contribution in [1.82, 2.24) is 0 Å². The summed E-state index contributed by atoms with van der Waals surface area (Å²) in [7, 11) is 1.36. The lowest BCUT2D eigenvalue weighted by molar-refractivity contribution is 0.181. The number of carbonyl (C=O) groups is 1. The molecule has 0 heterocycles. The fourth-order valence-electron chi connectivity index (χ4n) is 1.74. The standard InChI is InChI=1S/C16H14BrNO2/c1-20-16(19)18(14-10-6-3-7-11-14)15(17)12-13-8-4-2-5-9-13/h2-12H,1H3/b15-12-. The molecule has 0 radical (unpaired) electrons. The highest BCUT2D eigenvalue weighted by Gasteiger charge is 2.18. The number of carbonyl (C=O) groups excluding carboxylic acids is 1. The van der Waals surface area contributed by atoms with Gasteiger partial charge in [-0.25, -0.2) is 9.69 Å². The van der Waals surface area contributed by atoms with Gasteiger partial charge in [0.2, 0.25) is 0 Å². The van der Waals surface area contributed by atoms with Gasteiger partial charge in [0.05, 0.1) is 17.4 Å². The predicted octanol–water partition coefficient (Wildman–Crippen LogP) is 4.65. The van der Waals surface area contributed by atoms with Gasteiger partial charge in [0.25, 0.3) is 0 Å². The van der Waals surface area contributed by atoms with Gasteiger partial charge in [0, 0.05) is 0 Å². The van der Waals surface area contributed by atoms with Crippen molar-refractivity contribution in [3.05, 3.63) is 70.8 Å². The summed E-state index contributed by atoms with van der Waals surface area (Å²) in [5.74, 6) is 0. The Morgan fingerprint density at radius 1 is 1.05 bits per heavy atom. The molecule has 2 aromatic rings. The van der Waals surface area contributed by atoms with E-state index in [2.05, 4.69) is 15.9 Å². The number of nitrogens with zero attached hydrogens (tertiary/aromatic N) is 1. The van der Waals surface area contributed by atoms with Crippen LogP contribution in [0.25, 0.3) is 6.08 Å². The third kappa shape index (κ3) is 3.48. The summed E-state index contributed by atoms with van der Waals surface area (Å²) in [6.45, 7) is 0. The first-order chi connectivity index (χ1) is 9.72. The molecule has 0 fully saturated rings. The van der Waals surface area contributed by atoms with Gasteiger partial charge in [-0.3, -0.25) is 0 Å². The first kappa shape index (κ1) is 14.3. The van der Waals surface area contributed by atoms with Gasteiger partial charge in [-0.15, -0.1) is 0 Å². The molecule has 0 unspecified atom stereocenters. The van der Waals surface area contributed by atoms with Crippen molar-refractivity contribution in [3.8, 4) is 0 Å². The number of ether oxygens (including phenoxy) is 1. The molecular formula is C16H14BrNO2. The topological polar surface area (TPSA) is 29.5 Å². The molecule has 0 aliphatic rings. The van der Waals surface area contributed by atoms with E-state index in [0.29, 0.717) is 4.61 Å². The zero-order valence-corrected chi connectivity index (χ0v) is 12.6. The van der Waals surface area contributed by atoms with Crippen molar-refractivity contribution in [2.45, 2.75) is 0 Å². The van der Waals surface area contributed by atoms with Gasteiger partial charge < -0.3 is 4.74 Å². The minimum atomic E-state index is -0.449. The fourth-order valence-corrected chi connectivity index (χ4v) is 2.35. The number of methoxy groups -OCH3 is 1. The second-order valence-electron chi connectivity index (χ2n) is 4.02. The maximum Gasteiger partial charge on any atom is 0.419 e. The molecule has 0 saturated carbocycles. The molecule has 2 rings (SSSR count). The van der Waals surface area contributed by atoms with Gasteiger partial charge in [-0.2, -0.15) is 0 Å². The molecule has 0 aliphatic heterocycles. The fraction of sp³-hybridized carbons (Fsp3) is 0.0625. The Balaban J connectivity index is 2.37. The maximum absolute atomic E-state index is 12.0. The van der Waals surface area contributed by atoms with Gasteiger partial charge in [0.15, 0.2) is 0 Å². The zero-order valence-electron chi connectivity index (χ0n) is 11.0. The normalized spacial score (nSPS) is 11.0. The summed E-state index contributed by atoms with van der Waals surface area (Å²) in [5, 5.41) is 0. The second-order valence-corrected chi connectivity index (χ2v) is 4.83. The highest BCUT2D eigenvalue weighted by Crippen LogP contribution is 2.25. The van der Waals surface area contributed by atoms with Gasteiger partial charge in [-0.05, 0) is 39.7 Å². The summed E-state index contributed by atoms with van der Waals surface area (Å²) in [4.78, 5) is 13.4. The van der Waals surface area contributed by atoms with Gasteiger partial charge in [-0.1, -0.05) is 48.5 Å². The second kappa shape index (κ2) is 6.91. The van der Waals surface area contributed by atoms with Gasteiger partial charge >= 0.3 is 6.09 Å². The lowest BCUT2D eigenvalue weighted by Crippen LogP contribution is -2.27. The number of halogens is 1.